The maximum atomic E-state index is 12.5. The largest absolute Gasteiger partial charge is 0.490 e. The van der Waals surface area contributed by atoms with Crippen LogP contribution in [0.4, 0.5) is 0 Å². The maximum absolute atomic E-state index is 12.5. The second kappa shape index (κ2) is 10.8. The van der Waals surface area contributed by atoms with Crippen LogP contribution in [0.5, 0.6) is 17.2 Å². The molecule has 0 spiro atoms. The number of rotatable bonds is 9. The molecule has 6 heteroatoms. The van der Waals surface area contributed by atoms with E-state index in [1.165, 1.54) is 0 Å². The average Bonchev–Trinajstić information content (AvgIpc) is 2.77. The van der Waals surface area contributed by atoms with Crippen LogP contribution < -0.4 is 14.2 Å². The molecule has 0 amide bonds. The summed E-state index contributed by atoms with van der Waals surface area (Å²) < 4.78 is 21.8. The molecule has 0 saturated carbocycles. The van der Waals surface area contributed by atoms with E-state index in [9.17, 15) is 9.59 Å². The van der Waals surface area contributed by atoms with Crippen LogP contribution in [0, 0.1) is 0 Å². The smallest absolute Gasteiger partial charge is 0.347 e. The molecule has 3 aromatic rings. The van der Waals surface area contributed by atoms with Crippen LogP contribution in [-0.4, -0.2) is 31.3 Å². The highest BCUT2D eigenvalue weighted by Gasteiger charge is 2.16. The van der Waals surface area contributed by atoms with E-state index in [0.29, 0.717) is 28.4 Å². The topological polar surface area (TPSA) is 71.1 Å². The highest BCUT2D eigenvalue weighted by Crippen LogP contribution is 2.22. The molecule has 0 saturated heterocycles. The molecule has 6 nitrogen and oxygen atoms in total. The number of para-hydroxylation sites is 2. The van der Waals surface area contributed by atoms with E-state index >= 15 is 0 Å². The molecule has 0 aliphatic carbocycles. The van der Waals surface area contributed by atoms with Gasteiger partial charge in [-0.1, -0.05) is 30.3 Å². The zero-order valence-electron chi connectivity index (χ0n) is 17.4. The predicted octanol–water partition coefficient (Wildman–Crippen LogP) is 4.93. The summed E-state index contributed by atoms with van der Waals surface area (Å²) in [4.78, 5) is 24.7. The molecule has 3 rings (SSSR count). The second-order valence-electron chi connectivity index (χ2n) is 6.87. The third kappa shape index (κ3) is 6.60. The van der Waals surface area contributed by atoms with E-state index < -0.39 is 11.9 Å². The van der Waals surface area contributed by atoms with Crippen molar-refractivity contribution in [3.05, 3.63) is 90.0 Å². The Morgan fingerprint density at radius 1 is 0.742 bits per heavy atom. The fourth-order valence-electron chi connectivity index (χ4n) is 2.71. The number of ether oxygens (including phenoxy) is 4. The third-order valence-electron chi connectivity index (χ3n) is 4.10. The fourth-order valence-corrected chi connectivity index (χ4v) is 2.71. The summed E-state index contributed by atoms with van der Waals surface area (Å²) in [5.41, 5.74) is 0.682. The van der Waals surface area contributed by atoms with E-state index in [2.05, 4.69) is 0 Å². The molecule has 31 heavy (non-hydrogen) atoms. The predicted molar refractivity (Wildman–Crippen MR) is 116 cm³/mol. The van der Waals surface area contributed by atoms with Crippen LogP contribution in [0.2, 0.25) is 0 Å². The summed E-state index contributed by atoms with van der Waals surface area (Å²) >= 11 is 0. The van der Waals surface area contributed by atoms with Crippen molar-refractivity contribution < 1.29 is 28.5 Å². The van der Waals surface area contributed by atoms with Gasteiger partial charge in [0, 0.05) is 0 Å². The van der Waals surface area contributed by atoms with Crippen LogP contribution >= 0.6 is 0 Å². The van der Waals surface area contributed by atoms with Gasteiger partial charge in [-0.05, 0) is 62.4 Å². The van der Waals surface area contributed by atoms with E-state index in [-0.39, 0.29) is 19.3 Å². The van der Waals surface area contributed by atoms with Crippen molar-refractivity contribution in [3.63, 3.8) is 0 Å². The van der Waals surface area contributed by atoms with Crippen molar-refractivity contribution in [2.45, 2.75) is 20.0 Å². The van der Waals surface area contributed by atoms with Crippen molar-refractivity contribution in [1.82, 2.24) is 0 Å². The number of benzene rings is 3. The third-order valence-corrected chi connectivity index (χ3v) is 4.10. The standard InChI is InChI=1S/C25H24O6/c1-18(2)30-23-11-7-6-10-22(23)25(27)31-21-14-12-19(13-15-21)24(26)29-17-16-28-20-8-4-3-5-9-20/h3-15,18H,16-17H2,1-2H3. The van der Waals surface area contributed by atoms with E-state index in [1.807, 2.05) is 44.2 Å². The molecular weight excluding hydrogens is 396 g/mol. The fraction of sp³-hybridized carbons (Fsp3) is 0.200. The lowest BCUT2D eigenvalue weighted by Gasteiger charge is -2.13. The Bertz CT molecular complexity index is 996. The van der Waals surface area contributed by atoms with Crippen molar-refractivity contribution in [3.8, 4) is 17.2 Å². The number of hydrogen-bond donors (Lipinski definition) is 0. The number of esters is 2. The van der Waals surface area contributed by atoms with Crippen molar-refractivity contribution in [2.75, 3.05) is 13.2 Å². The molecule has 0 bridgehead atoms. The first-order valence-electron chi connectivity index (χ1n) is 9.96. The number of hydrogen-bond acceptors (Lipinski definition) is 6. The minimum Gasteiger partial charge on any atom is -0.490 e. The van der Waals surface area contributed by atoms with Gasteiger partial charge < -0.3 is 18.9 Å². The lowest BCUT2D eigenvalue weighted by atomic mass is 10.2. The first-order chi connectivity index (χ1) is 15.0. The van der Waals surface area contributed by atoms with Gasteiger partial charge in [-0.15, -0.1) is 0 Å². The lowest BCUT2D eigenvalue weighted by molar-refractivity contribution is 0.0450. The molecule has 0 radical (unpaired) electrons. The molecule has 0 aliphatic heterocycles. The Morgan fingerprint density at radius 3 is 2.13 bits per heavy atom. The Morgan fingerprint density at radius 2 is 1.42 bits per heavy atom. The van der Waals surface area contributed by atoms with Crippen LogP contribution in [0.25, 0.3) is 0 Å². The molecule has 0 unspecified atom stereocenters. The van der Waals surface area contributed by atoms with Gasteiger partial charge in [0.1, 0.15) is 36.0 Å². The second-order valence-corrected chi connectivity index (χ2v) is 6.87. The van der Waals surface area contributed by atoms with Crippen LogP contribution in [0.1, 0.15) is 34.6 Å². The zero-order valence-corrected chi connectivity index (χ0v) is 17.4. The summed E-state index contributed by atoms with van der Waals surface area (Å²) in [7, 11) is 0. The SMILES string of the molecule is CC(C)Oc1ccccc1C(=O)Oc1ccc(C(=O)OCCOc2ccccc2)cc1. The van der Waals surface area contributed by atoms with E-state index in [4.69, 9.17) is 18.9 Å². The van der Waals surface area contributed by atoms with E-state index in [1.54, 1.807) is 48.5 Å². The highest BCUT2D eigenvalue weighted by atomic mass is 16.6. The number of carbonyl (C=O) groups is 2. The van der Waals surface area contributed by atoms with Gasteiger partial charge in [-0.2, -0.15) is 0 Å². The van der Waals surface area contributed by atoms with Crippen LogP contribution in [-0.2, 0) is 4.74 Å². The van der Waals surface area contributed by atoms with E-state index in [0.717, 1.165) is 0 Å². The van der Waals surface area contributed by atoms with Gasteiger partial charge in [0.25, 0.3) is 0 Å². The Balaban J connectivity index is 1.51. The molecule has 0 aliphatic rings. The lowest BCUT2D eigenvalue weighted by Crippen LogP contribution is -2.14. The summed E-state index contributed by atoms with van der Waals surface area (Å²) in [5.74, 6) is 0.466. The molecular formula is C25H24O6. The van der Waals surface area contributed by atoms with Gasteiger partial charge in [0.05, 0.1) is 11.7 Å². The molecule has 160 valence electrons. The Kier molecular flexibility index (Phi) is 7.65. The molecule has 0 atom stereocenters. The van der Waals surface area contributed by atoms with Crippen LogP contribution in [0.15, 0.2) is 78.9 Å². The first-order valence-corrected chi connectivity index (χ1v) is 9.96. The van der Waals surface area contributed by atoms with Gasteiger partial charge in [0.2, 0.25) is 0 Å². The molecule has 0 heterocycles. The average molecular weight is 420 g/mol. The molecule has 0 N–H and O–H groups in total. The maximum Gasteiger partial charge on any atom is 0.347 e. The summed E-state index contributed by atoms with van der Waals surface area (Å²) in [6, 6.07) is 22.3. The quantitative estimate of drug-likeness (QED) is 0.278. The molecule has 0 fully saturated rings. The highest BCUT2D eigenvalue weighted by molar-refractivity contribution is 5.94. The Labute approximate surface area is 181 Å². The summed E-state index contributed by atoms with van der Waals surface area (Å²) in [5, 5.41) is 0. The molecule has 0 aromatic heterocycles. The van der Waals surface area contributed by atoms with Crippen molar-refractivity contribution >= 4 is 11.9 Å². The summed E-state index contributed by atoms with van der Waals surface area (Å²) in [6.45, 7) is 4.14. The minimum atomic E-state index is -0.537. The first kappa shape index (κ1) is 21.9. The van der Waals surface area contributed by atoms with Gasteiger partial charge in [0.15, 0.2) is 0 Å². The summed E-state index contributed by atoms with van der Waals surface area (Å²) in [6.07, 6.45) is -0.0719. The van der Waals surface area contributed by atoms with Crippen LogP contribution in [0.3, 0.4) is 0 Å². The normalized spacial score (nSPS) is 10.4. The van der Waals surface area contributed by atoms with Gasteiger partial charge in [-0.25, -0.2) is 9.59 Å². The zero-order chi connectivity index (χ0) is 22.1. The van der Waals surface area contributed by atoms with Gasteiger partial charge in [-0.3, -0.25) is 0 Å². The minimum absolute atomic E-state index is 0.0719. The van der Waals surface area contributed by atoms with Gasteiger partial charge >= 0.3 is 11.9 Å². The molecule has 3 aromatic carbocycles. The Hall–Kier alpha value is -3.80. The number of carbonyl (C=O) groups excluding carboxylic acids is 2. The monoisotopic (exact) mass is 420 g/mol. The van der Waals surface area contributed by atoms with Crippen molar-refractivity contribution in [1.29, 1.82) is 0 Å². The van der Waals surface area contributed by atoms with Crippen molar-refractivity contribution in [2.24, 2.45) is 0 Å².